The molecule has 4 saturated heterocycles. The molecule has 0 aromatic carbocycles. The second-order valence-electron chi connectivity index (χ2n) is 30.2. The molecule has 4 aliphatic rings. The number of nitrogens with one attached hydrogen (secondary N) is 5. The van der Waals surface area contributed by atoms with E-state index in [-0.39, 0.29) is 21.5 Å². The fraction of sp³-hybridized carbons (Fsp3) is 0.652. The van der Waals surface area contributed by atoms with Crippen molar-refractivity contribution in [2.24, 2.45) is 14.1 Å². The zero-order valence-electron chi connectivity index (χ0n) is 62.7. The van der Waals surface area contributed by atoms with Gasteiger partial charge in [-0.05, 0) is 150 Å². The first kappa shape index (κ1) is 88.9. The first-order valence-electron chi connectivity index (χ1n) is 34.3. The molecule has 0 saturated carbocycles. The summed E-state index contributed by atoms with van der Waals surface area (Å²) in [5.41, 5.74) is 0.201. The lowest BCUT2D eigenvalue weighted by molar-refractivity contribution is -0.0542. The maximum Gasteiger partial charge on any atom is 0.330 e. The quantitative estimate of drug-likeness (QED) is 0.0185. The van der Waals surface area contributed by atoms with Crippen molar-refractivity contribution in [3.8, 4) is 0 Å². The lowest BCUT2D eigenvalue weighted by atomic mass is 10.0. The molecule has 4 fully saturated rings. The predicted octanol–water partition coefficient (Wildman–Crippen LogP) is 1.81. The van der Waals surface area contributed by atoms with Crippen molar-refractivity contribution in [2.45, 2.75) is 178 Å². The highest BCUT2D eigenvalue weighted by Crippen LogP contribution is 2.44. The van der Waals surface area contributed by atoms with Crippen molar-refractivity contribution in [3.63, 3.8) is 0 Å². The van der Waals surface area contributed by atoms with E-state index in [1.807, 2.05) is 39.8 Å². The Morgan fingerprint density at radius 2 is 0.932 bits per heavy atom. The molecule has 0 unspecified atom stereocenters. The van der Waals surface area contributed by atoms with Gasteiger partial charge in [-0.25, -0.2) is 14.4 Å². The van der Waals surface area contributed by atoms with E-state index in [4.69, 9.17) is 35.9 Å². The summed E-state index contributed by atoms with van der Waals surface area (Å²) in [7, 11) is 4.37. The molecule has 582 valence electrons. The Hall–Kier alpha value is -4.74. The molecule has 0 amide bonds. The number of aromatic amines is 3. The number of hydrogen-bond acceptors (Lipinski definition) is 22. The second kappa shape index (κ2) is 38.4. The van der Waals surface area contributed by atoms with Gasteiger partial charge in [-0.3, -0.25) is 47.8 Å². The van der Waals surface area contributed by atoms with E-state index < -0.39 is 159 Å². The Morgan fingerprint density at radius 1 is 0.534 bits per heavy atom. The summed E-state index contributed by atoms with van der Waals surface area (Å²) in [6, 6.07) is 0. The molecular formula is C69H116N10O19P4S. The van der Waals surface area contributed by atoms with Crippen LogP contribution >= 0.6 is 39.8 Å². The van der Waals surface area contributed by atoms with Crippen molar-refractivity contribution in [1.29, 1.82) is 0 Å². The van der Waals surface area contributed by atoms with Crippen LogP contribution in [0.5, 0.6) is 0 Å². The third-order valence-corrected chi connectivity index (χ3v) is 23.9. The molecule has 4 aromatic rings. The van der Waals surface area contributed by atoms with Crippen molar-refractivity contribution >= 4 is 65.0 Å². The van der Waals surface area contributed by atoms with Gasteiger partial charge in [-0.15, -0.1) is 52.7 Å². The van der Waals surface area contributed by atoms with Gasteiger partial charge in [-0.1, -0.05) is 23.3 Å². The van der Waals surface area contributed by atoms with Crippen LogP contribution in [0.3, 0.4) is 0 Å². The normalized spacial score (nSPS) is 26.4. The fourth-order valence-corrected chi connectivity index (χ4v) is 15.7. The molecule has 12 N–H and O–H groups in total. The third-order valence-electron chi connectivity index (χ3n) is 17.8. The van der Waals surface area contributed by atoms with Crippen LogP contribution in [0.2, 0.25) is 0 Å². The SMILES string of the molecule is C=P(C)(C)CC[C@H]1O[C@@H](c2cn(C)c(=O)n(C)c2=O)[C@H](O)[C@@H]1O.C=P(C)(C)CC[C@H]1O[C@@H](c2cn(CC)c(=O)[nH]c2=O)[C@H](O)[C@@H]1O.C=P(C)(C)CC[C@H]1O[C@@H](n2cc(CNCC=C(C)C)c(=O)[nH]c2=O)[C@H](OC)[C@@H]1O.C=P(C)(C)CC[C@H]1O[C@@H](n2cc(CNCC=C(C)C)c(=O)[nH]c2=S)[C@H](O)[C@@H]1O. The van der Waals surface area contributed by atoms with E-state index in [1.54, 1.807) is 13.1 Å². The van der Waals surface area contributed by atoms with Gasteiger partial charge in [0.2, 0.25) is 0 Å². The zero-order valence-corrected chi connectivity index (χ0v) is 67.1. The molecule has 0 bridgehead atoms. The Bertz CT molecular complexity index is 4300. The van der Waals surface area contributed by atoms with E-state index in [0.717, 1.165) is 29.2 Å². The Labute approximate surface area is 607 Å². The van der Waals surface area contributed by atoms with E-state index in [0.29, 0.717) is 69.5 Å². The van der Waals surface area contributed by atoms with Crippen LogP contribution in [0.4, 0.5) is 0 Å². The van der Waals surface area contributed by atoms with Gasteiger partial charge < -0.3 is 79.2 Å². The highest BCUT2D eigenvalue weighted by molar-refractivity contribution is 7.73. The van der Waals surface area contributed by atoms with Crippen molar-refractivity contribution in [2.75, 3.05) is 98.2 Å². The summed E-state index contributed by atoms with van der Waals surface area (Å²) in [4.78, 5) is 91.7. The zero-order chi connectivity index (χ0) is 77.7. The van der Waals surface area contributed by atoms with Gasteiger partial charge in [0, 0.05) is 89.8 Å². The molecular weight excluding hydrogens is 1430 g/mol. The Balaban J connectivity index is 0.000000248. The molecule has 0 radical (unpaired) electrons. The average molecular weight is 1550 g/mol. The molecule has 0 spiro atoms. The number of H-pyrrole nitrogens is 3. The molecule has 103 heavy (non-hydrogen) atoms. The first-order valence-corrected chi connectivity index (χ1v) is 46.9. The highest BCUT2D eigenvalue weighted by atomic mass is 32.1. The van der Waals surface area contributed by atoms with Crippen LogP contribution < -0.4 is 49.9 Å². The lowest BCUT2D eigenvalue weighted by Crippen LogP contribution is -2.40. The van der Waals surface area contributed by atoms with E-state index in [2.05, 4.69) is 104 Å². The number of aliphatic hydroxyl groups is 7. The number of ether oxygens (including phenoxy) is 5. The van der Waals surface area contributed by atoms with Gasteiger partial charge in [-0.2, -0.15) is 0 Å². The third kappa shape index (κ3) is 25.7. The average Bonchev–Trinajstić information content (AvgIpc) is 1.71. The summed E-state index contributed by atoms with van der Waals surface area (Å²) in [5, 5.41) is 78.8. The molecule has 4 aliphatic heterocycles. The standard InChI is InChI=1S/C20H34N3O5P.C19H32N3O4PS.2C15H25N2O5P/c1-13(2)7-9-21-11-14-12-23(20(26)22-18(14)25)19-17(27-3)16(24)15(28-19)8-10-29(4,5)6;1-12(2)6-8-20-10-13-11-22(19(28)21-17(13)25)18-16(24)15(23)14(26-18)7-9-27(3,4)5;1-16-8-9(14(20)17(2)15(16)21)13-12(19)11(18)10(22-13)6-7-23(3,4)5;1-5-17-8-9(14(20)16-15(17)21)13-12(19)11(18)10(22-13)6-7-23(2,3)4/h7,12,15-17,19,21,24H,4,8-11H2,1-3,5-6H3,(H,22,25,26);6,11,14-16,18,20,23-24H,3,7-10H2,1-2,4-5H3,(H,21,25,28);8,10-13,18-19H,3,6-7H2,1-2,4-5H3;8,10-13,18-19H,2,5-7H2,1,3-4H3,(H,16,20,21)/t15-,16-,17-,19-;14-,15-,16-,18-;2*10-,11-,12-,13+/m1111/s1. The van der Waals surface area contributed by atoms with Gasteiger partial charge in [0.05, 0.1) is 35.5 Å². The van der Waals surface area contributed by atoms with Crippen LogP contribution in [-0.2, 0) is 57.4 Å². The van der Waals surface area contributed by atoms with Gasteiger partial charge in [0.25, 0.3) is 22.2 Å². The van der Waals surface area contributed by atoms with Crippen LogP contribution in [0.25, 0.3) is 0 Å². The van der Waals surface area contributed by atoms with Crippen LogP contribution in [-0.4, -0.2) is 270 Å². The predicted molar refractivity (Wildman–Crippen MR) is 421 cm³/mol. The minimum Gasteiger partial charge on any atom is -0.388 e. The van der Waals surface area contributed by atoms with Gasteiger partial charge in [0.1, 0.15) is 61.0 Å². The van der Waals surface area contributed by atoms with Crippen LogP contribution in [0.15, 0.2) is 81.6 Å². The van der Waals surface area contributed by atoms with E-state index in [9.17, 15) is 69.3 Å². The molecule has 8 rings (SSSR count). The number of aryl methyl sites for hydroxylation is 2. The second-order valence-corrected chi connectivity index (χ2v) is 47.8. The summed E-state index contributed by atoms with van der Waals surface area (Å²) < 4.78 is 35.4. The summed E-state index contributed by atoms with van der Waals surface area (Å²) in [6.45, 7) is 23.8. The van der Waals surface area contributed by atoms with Crippen LogP contribution in [0, 0.1) is 4.77 Å². The van der Waals surface area contributed by atoms with Gasteiger partial charge in [0.15, 0.2) is 17.2 Å². The molecule has 4 aromatic heterocycles. The largest absolute Gasteiger partial charge is 0.388 e. The highest BCUT2D eigenvalue weighted by Gasteiger charge is 2.48. The number of hydrogen-bond donors (Lipinski definition) is 12. The molecule has 34 heteroatoms. The minimum atomic E-state index is -1.27. The smallest absolute Gasteiger partial charge is 0.330 e. The van der Waals surface area contributed by atoms with Crippen LogP contribution in [0.1, 0.15) is 107 Å². The molecule has 8 heterocycles. The topological polar surface area (TPSA) is 403 Å². The number of methoxy groups -OCH3 is 1. The Kier molecular flexibility index (Phi) is 33.1. The number of rotatable bonds is 26. The van der Waals surface area contributed by atoms with Crippen molar-refractivity contribution < 1.29 is 59.4 Å². The lowest BCUT2D eigenvalue weighted by Gasteiger charge is -2.21. The maximum absolute atomic E-state index is 12.4. The number of aliphatic hydroxyl groups excluding tert-OH is 7. The van der Waals surface area contributed by atoms with Gasteiger partial charge >= 0.3 is 17.1 Å². The first-order chi connectivity index (χ1) is 47.7. The molecule has 0 aliphatic carbocycles. The minimum absolute atomic E-state index is 0.153. The van der Waals surface area contributed by atoms with Crippen molar-refractivity contribution in [1.82, 2.24) is 48.4 Å². The number of allylic oxidation sites excluding steroid dienone is 2. The summed E-state index contributed by atoms with van der Waals surface area (Å²) >= 11 is 5.26. The molecule has 16 atom stereocenters. The monoisotopic (exact) mass is 1540 g/mol. The Morgan fingerprint density at radius 3 is 1.37 bits per heavy atom. The number of nitrogens with zero attached hydrogens (tertiary/aromatic N) is 5. The summed E-state index contributed by atoms with van der Waals surface area (Å²) in [5.74, 6) is 0. The summed E-state index contributed by atoms with van der Waals surface area (Å²) in [6.07, 6.45) is 18.4. The fourth-order valence-electron chi connectivity index (χ4n) is 11.7. The van der Waals surface area contributed by atoms with E-state index >= 15 is 0 Å². The maximum atomic E-state index is 12.4. The number of aromatic nitrogens is 8. The molecule has 29 nitrogen and oxygen atoms in total. The van der Waals surface area contributed by atoms with E-state index in [1.165, 1.54) is 69.2 Å². The van der Waals surface area contributed by atoms with Crippen molar-refractivity contribution in [3.05, 3.63) is 148 Å².